The first-order valence-corrected chi connectivity index (χ1v) is 11.8. The minimum atomic E-state index is -2.11. The Kier molecular flexibility index (Phi) is 6.39. The molecule has 14 nitrogen and oxygen atoms in total. The highest BCUT2D eigenvalue weighted by molar-refractivity contribution is 7.43. The summed E-state index contributed by atoms with van der Waals surface area (Å²) in [6.07, 6.45) is -1.45. The summed E-state index contributed by atoms with van der Waals surface area (Å²) in [5, 5.41) is 0. The molecule has 0 saturated carbocycles. The van der Waals surface area contributed by atoms with E-state index in [1.165, 1.54) is 31.1 Å². The number of hydrogen-bond donors (Lipinski definition) is 1. The highest BCUT2D eigenvalue weighted by Crippen LogP contribution is 2.48. The van der Waals surface area contributed by atoms with Crippen LogP contribution in [0.4, 0.5) is 5.82 Å². The lowest BCUT2D eigenvalue weighted by molar-refractivity contribution is -0.165. The summed E-state index contributed by atoms with van der Waals surface area (Å²) in [5.74, 6) is -1.38. The molecular weight excluding hydrogens is 497 g/mol. The van der Waals surface area contributed by atoms with E-state index in [4.69, 9.17) is 33.5 Å². The quantitative estimate of drug-likeness (QED) is 0.369. The third-order valence-corrected chi connectivity index (χ3v) is 6.35. The number of nitrogens with two attached hydrogens (primary N) is 1. The van der Waals surface area contributed by atoms with Gasteiger partial charge in [0.15, 0.2) is 29.9 Å². The minimum Gasteiger partial charge on any atom is -0.456 e. The second-order valence-corrected chi connectivity index (χ2v) is 8.85. The number of imidazole rings is 1. The number of fused-ring (bicyclic) bond motifs is 2. The first-order chi connectivity index (χ1) is 17.3. The molecule has 2 aromatic heterocycles. The molecule has 1 aromatic carbocycles. The second-order valence-electron chi connectivity index (χ2n) is 7.78. The van der Waals surface area contributed by atoms with Crippen LogP contribution in [-0.2, 0) is 32.8 Å². The molecule has 5 atom stereocenters. The van der Waals surface area contributed by atoms with Gasteiger partial charge in [-0.3, -0.25) is 18.7 Å². The van der Waals surface area contributed by atoms with Crippen molar-refractivity contribution in [2.45, 2.75) is 38.4 Å². The maximum absolute atomic E-state index is 12.3. The van der Waals surface area contributed by atoms with Gasteiger partial charge in [-0.05, 0) is 12.1 Å². The van der Waals surface area contributed by atoms with Crippen molar-refractivity contribution in [3.63, 3.8) is 0 Å². The Bertz CT molecular complexity index is 1330. The van der Waals surface area contributed by atoms with Crippen LogP contribution in [0.3, 0.4) is 0 Å². The van der Waals surface area contributed by atoms with E-state index in [2.05, 4.69) is 15.0 Å². The maximum atomic E-state index is 12.3. The van der Waals surface area contributed by atoms with Crippen LogP contribution < -0.4 is 10.3 Å². The minimum absolute atomic E-state index is 0.150. The molecule has 36 heavy (non-hydrogen) atoms. The van der Waals surface area contributed by atoms with Crippen molar-refractivity contribution in [2.75, 3.05) is 12.3 Å². The molecule has 5 rings (SSSR count). The van der Waals surface area contributed by atoms with Crippen LogP contribution in [0.2, 0.25) is 0 Å². The fraction of sp³-hybridized carbons (Fsp3) is 0.333. The molecule has 0 aliphatic carbocycles. The van der Waals surface area contributed by atoms with Gasteiger partial charge in [0.2, 0.25) is 0 Å². The van der Waals surface area contributed by atoms with Gasteiger partial charge >= 0.3 is 26.5 Å². The van der Waals surface area contributed by atoms with Crippen molar-refractivity contribution in [1.82, 2.24) is 19.5 Å². The molecule has 15 heteroatoms. The SMILES string of the molecule is CC(=O)O[C@@H]1[C@H](OC(C)=O)[C@@H](COP2OC(=O)c3ccccc3O2)O[C@H]1n1cnc2c(N)ncnc21. The zero-order chi connectivity index (χ0) is 25.4. The second kappa shape index (κ2) is 9.64. The molecule has 0 amide bonds. The number of hydrogen-bond acceptors (Lipinski definition) is 13. The molecule has 2 aliphatic rings. The van der Waals surface area contributed by atoms with Crippen LogP contribution in [0.5, 0.6) is 5.75 Å². The number of benzene rings is 1. The molecule has 2 N–H and O–H groups in total. The molecule has 2 aliphatic heterocycles. The third kappa shape index (κ3) is 4.53. The summed E-state index contributed by atoms with van der Waals surface area (Å²) in [7, 11) is -2.11. The van der Waals surface area contributed by atoms with Crippen LogP contribution in [-0.4, -0.2) is 62.3 Å². The number of para-hydroxylation sites is 1. The number of anilines is 1. The average molecular weight is 517 g/mol. The lowest BCUT2D eigenvalue weighted by Crippen LogP contribution is -2.40. The highest BCUT2D eigenvalue weighted by Gasteiger charge is 2.51. The molecule has 188 valence electrons. The van der Waals surface area contributed by atoms with Gasteiger partial charge in [0.05, 0.1) is 12.9 Å². The summed E-state index contributed by atoms with van der Waals surface area (Å²) in [5.41, 5.74) is 6.79. The van der Waals surface area contributed by atoms with Crippen LogP contribution in [0.15, 0.2) is 36.9 Å². The van der Waals surface area contributed by atoms with Crippen molar-refractivity contribution >= 4 is 43.5 Å². The number of esters is 2. The summed E-state index contributed by atoms with van der Waals surface area (Å²) < 4.78 is 35.2. The lowest BCUT2D eigenvalue weighted by atomic mass is 10.1. The van der Waals surface area contributed by atoms with Crippen LogP contribution in [0.25, 0.3) is 11.2 Å². The Labute approximate surface area is 204 Å². The first kappa shape index (κ1) is 23.9. The van der Waals surface area contributed by atoms with Gasteiger partial charge in [-0.25, -0.2) is 19.7 Å². The van der Waals surface area contributed by atoms with E-state index >= 15 is 0 Å². The Balaban J connectivity index is 1.41. The van der Waals surface area contributed by atoms with Gasteiger partial charge in [0, 0.05) is 13.8 Å². The smallest absolute Gasteiger partial charge is 0.456 e. The fourth-order valence-electron chi connectivity index (χ4n) is 3.89. The number of aromatic nitrogens is 4. The Hall–Kier alpha value is -3.87. The number of carbonyl (C=O) groups excluding carboxylic acids is 3. The number of nitrogen functional groups attached to an aromatic ring is 1. The summed E-state index contributed by atoms with van der Waals surface area (Å²) in [4.78, 5) is 48.4. The predicted octanol–water partition coefficient (Wildman–Crippen LogP) is 1.66. The number of nitrogens with zero attached hydrogens (tertiary/aromatic N) is 4. The van der Waals surface area contributed by atoms with Gasteiger partial charge in [-0.1, -0.05) is 12.1 Å². The molecule has 0 spiro atoms. The van der Waals surface area contributed by atoms with Crippen molar-refractivity contribution in [3.05, 3.63) is 42.5 Å². The van der Waals surface area contributed by atoms with E-state index in [1.54, 1.807) is 24.3 Å². The van der Waals surface area contributed by atoms with Crippen molar-refractivity contribution in [3.8, 4) is 5.75 Å². The van der Waals surface area contributed by atoms with E-state index in [-0.39, 0.29) is 18.0 Å². The molecule has 1 saturated heterocycles. The van der Waals surface area contributed by atoms with Gasteiger partial charge < -0.3 is 29.0 Å². The van der Waals surface area contributed by atoms with Crippen LogP contribution >= 0.6 is 8.60 Å². The molecule has 1 fully saturated rings. The van der Waals surface area contributed by atoms with E-state index < -0.39 is 51.1 Å². The van der Waals surface area contributed by atoms with Crippen LogP contribution in [0.1, 0.15) is 30.4 Å². The topological polar surface area (TPSA) is 176 Å². The van der Waals surface area contributed by atoms with Crippen molar-refractivity contribution in [1.29, 1.82) is 0 Å². The zero-order valence-corrected chi connectivity index (χ0v) is 19.9. The van der Waals surface area contributed by atoms with E-state index in [9.17, 15) is 14.4 Å². The summed E-state index contributed by atoms with van der Waals surface area (Å²) in [6.45, 7) is 2.20. The van der Waals surface area contributed by atoms with Gasteiger partial charge in [0.1, 0.15) is 29.3 Å². The number of rotatable bonds is 6. The van der Waals surface area contributed by atoms with E-state index in [1.807, 2.05) is 0 Å². The molecule has 0 bridgehead atoms. The highest BCUT2D eigenvalue weighted by atomic mass is 31.2. The molecule has 3 aromatic rings. The van der Waals surface area contributed by atoms with E-state index in [0.29, 0.717) is 16.9 Å². The average Bonchev–Trinajstić information content (AvgIpc) is 3.40. The molecule has 4 heterocycles. The third-order valence-electron chi connectivity index (χ3n) is 5.33. The molecular formula is C21H20N5O9P. The summed E-state index contributed by atoms with van der Waals surface area (Å²) in [6, 6.07) is 6.58. The first-order valence-electron chi connectivity index (χ1n) is 10.7. The molecule has 1 unspecified atom stereocenters. The Morgan fingerprint density at radius 3 is 2.61 bits per heavy atom. The summed E-state index contributed by atoms with van der Waals surface area (Å²) >= 11 is 0. The van der Waals surface area contributed by atoms with Gasteiger partial charge in [-0.15, -0.1) is 0 Å². The van der Waals surface area contributed by atoms with Gasteiger partial charge in [-0.2, -0.15) is 0 Å². The van der Waals surface area contributed by atoms with Gasteiger partial charge in [0.25, 0.3) is 0 Å². The monoisotopic (exact) mass is 517 g/mol. The maximum Gasteiger partial charge on any atom is 0.465 e. The largest absolute Gasteiger partial charge is 0.465 e. The van der Waals surface area contributed by atoms with Crippen LogP contribution in [0, 0.1) is 0 Å². The molecule has 0 radical (unpaired) electrons. The predicted molar refractivity (Wildman–Crippen MR) is 120 cm³/mol. The number of carbonyl (C=O) groups is 3. The zero-order valence-electron chi connectivity index (χ0n) is 19.0. The Morgan fingerprint density at radius 2 is 1.83 bits per heavy atom. The Morgan fingerprint density at radius 1 is 1.08 bits per heavy atom. The number of ether oxygens (including phenoxy) is 3. The van der Waals surface area contributed by atoms with E-state index in [0.717, 1.165) is 0 Å². The standard InChI is InChI=1S/C21H20N5O9P/c1-10(27)31-16-14(7-30-36-34-13-6-4-3-5-12(13)21(29)35-36)33-20(17(16)32-11(2)28)26-9-25-15-18(22)23-8-24-19(15)26/h3-6,8-9,14,16-17,20H,7H2,1-2H3,(H2,22,23,24)/t14-,16-,17-,20-,36?/m1/s1. The lowest BCUT2D eigenvalue weighted by Gasteiger charge is -2.25. The fourth-order valence-corrected chi connectivity index (χ4v) is 4.86. The van der Waals surface area contributed by atoms with Crippen molar-refractivity contribution in [2.24, 2.45) is 0 Å². The normalized spacial score (nSPS) is 25.1. The van der Waals surface area contributed by atoms with Crippen molar-refractivity contribution < 1.29 is 42.2 Å².